The molecule has 1 fully saturated rings. The normalized spacial score (nSPS) is 18.4. The van der Waals surface area contributed by atoms with E-state index in [1.165, 1.54) is 0 Å². The van der Waals surface area contributed by atoms with Crippen molar-refractivity contribution in [2.24, 2.45) is 7.05 Å². The summed E-state index contributed by atoms with van der Waals surface area (Å²) >= 11 is 0. The Balaban J connectivity index is 1.57. The average Bonchev–Trinajstić information content (AvgIpc) is 3.50. The van der Waals surface area contributed by atoms with Crippen LogP contribution in [-0.2, 0) is 23.1 Å². The minimum atomic E-state index is -0.321. The molecule has 0 radical (unpaired) electrons. The first-order chi connectivity index (χ1) is 17.5. The van der Waals surface area contributed by atoms with E-state index in [2.05, 4.69) is 15.7 Å². The van der Waals surface area contributed by atoms with E-state index < -0.39 is 0 Å². The first kappa shape index (κ1) is 22.4. The third-order valence-corrected chi connectivity index (χ3v) is 7.34. The molecule has 0 saturated carbocycles. The quantitative estimate of drug-likeness (QED) is 0.441. The number of hydrogen-bond donors (Lipinski definition) is 0. The molecule has 6 rings (SSSR count). The fourth-order valence-corrected chi connectivity index (χ4v) is 5.51. The van der Waals surface area contributed by atoms with Gasteiger partial charge < -0.3 is 14.2 Å². The molecule has 0 N–H and O–H groups in total. The number of benzene rings is 1. The van der Waals surface area contributed by atoms with E-state index in [0.717, 1.165) is 52.1 Å². The molecule has 9 nitrogen and oxygen atoms in total. The Hall–Kier alpha value is -4.03. The van der Waals surface area contributed by atoms with Crippen LogP contribution >= 0.6 is 0 Å². The summed E-state index contributed by atoms with van der Waals surface area (Å²) in [7, 11) is 3.68. The first-order valence-electron chi connectivity index (χ1n) is 12.2. The molecule has 182 valence electrons. The number of likely N-dealkylation sites (N-methyl/N-ethyl adjacent to an activating group) is 1. The number of rotatable bonds is 3. The standard InChI is InChI=1S/C27H27N7O2/c1-16-27(35)32(2)15-23-25(31-26(34(16)23)17-7-9-36-10-8-17)20-5-4-6-22-21(20)11-18(12-28)24(30-22)19-13-29-33(3)14-19/h4-6,11,13-14,16-17H,7-10,15H2,1-3H3. The van der Waals surface area contributed by atoms with Gasteiger partial charge in [-0.15, -0.1) is 0 Å². The number of carbonyl (C=O) groups is 1. The third kappa shape index (κ3) is 3.48. The van der Waals surface area contributed by atoms with Crippen molar-refractivity contribution in [2.75, 3.05) is 20.3 Å². The second kappa shape index (κ2) is 8.57. The molecule has 2 aliphatic rings. The third-order valence-electron chi connectivity index (χ3n) is 7.34. The van der Waals surface area contributed by atoms with E-state index in [0.29, 0.717) is 31.0 Å². The summed E-state index contributed by atoms with van der Waals surface area (Å²) in [5.74, 6) is 1.28. The number of imidazole rings is 1. The number of nitrogens with zero attached hydrogens (tertiary/aromatic N) is 7. The van der Waals surface area contributed by atoms with Gasteiger partial charge in [0, 0.05) is 55.9 Å². The van der Waals surface area contributed by atoms with Gasteiger partial charge in [-0.3, -0.25) is 9.48 Å². The first-order valence-corrected chi connectivity index (χ1v) is 12.2. The van der Waals surface area contributed by atoms with Crippen molar-refractivity contribution in [1.29, 1.82) is 5.26 Å². The van der Waals surface area contributed by atoms with Gasteiger partial charge in [-0.05, 0) is 31.9 Å². The lowest BCUT2D eigenvalue weighted by molar-refractivity contribution is -0.135. The van der Waals surface area contributed by atoms with Crippen molar-refractivity contribution in [3.63, 3.8) is 0 Å². The summed E-state index contributed by atoms with van der Waals surface area (Å²) in [4.78, 5) is 24.8. The lowest BCUT2D eigenvalue weighted by Crippen LogP contribution is -2.40. The van der Waals surface area contributed by atoms with Crippen LogP contribution in [0.4, 0.5) is 0 Å². The summed E-state index contributed by atoms with van der Waals surface area (Å²) < 4.78 is 9.45. The second-order valence-electron chi connectivity index (χ2n) is 9.66. The van der Waals surface area contributed by atoms with Crippen LogP contribution < -0.4 is 0 Å². The van der Waals surface area contributed by atoms with Crippen LogP contribution in [-0.4, -0.2) is 55.4 Å². The number of pyridine rings is 1. The van der Waals surface area contributed by atoms with E-state index in [1.807, 2.05) is 51.5 Å². The van der Waals surface area contributed by atoms with Gasteiger partial charge in [0.1, 0.15) is 17.9 Å². The predicted molar refractivity (Wildman–Crippen MR) is 134 cm³/mol. The summed E-state index contributed by atoms with van der Waals surface area (Å²) in [6.07, 6.45) is 5.35. The highest BCUT2D eigenvalue weighted by Gasteiger charge is 2.36. The molecule has 0 bridgehead atoms. The molecular formula is C27H27N7O2. The summed E-state index contributed by atoms with van der Waals surface area (Å²) in [5.41, 5.74) is 5.49. The molecule has 1 amide bonds. The van der Waals surface area contributed by atoms with Crippen LogP contribution in [0.5, 0.6) is 0 Å². The molecule has 0 aliphatic carbocycles. The molecule has 2 aliphatic heterocycles. The highest BCUT2D eigenvalue weighted by atomic mass is 16.5. The van der Waals surface area contributed by atoms with Crippen LogP contribution in [0.25, 0.3) is 33.4 Å². The number of amides is 1. The fourth-order valence-electron chi connectivity index (χ4n) is 5.51. The van der Waals surface area contributed by atoms with Crippen molar-refractivity contribution in [2.45, 2.75) is 38.3 Å². The SMILES string of the molecule is CC1C(=O)N(C)Cc2c(-c3cccc4nc(-c5cnn(C)c5)c(C#N)cc34)nc(C3CCOCC3)n21. The summed E-state index contributed by atoms with van der Waals surface area (Å²) in [6.45, 7) is 3.84. The zero-order valence-electron chi connectivity index (χ0n) is 20.6. The molecule has 9 heteroatoms. The van der Waals surface area contributed by atoms with Gasteiger partial charge >= 0.3 is 0 Å². The highest BCUT2D eigenvalue weighted by molar-refractivity contribution is 5.97. The molecular weight excluding hydrogens is 454 g/mol. The van der Waals surface area contributed by atoms with Gasteiger partial charge in [0.25, 0.3) is 0 Å². The number of nitriles is 1. The summed E-state index contributed by atoms with van der Waals surface area (Å²) in [6, 6.07) is 9.87. The molecule has 1 atom stereocenters. The van der Waals surface area contributed by atoms with Gasteiger partial charge in [-0.25, -0.2) is 9.97 Å². The van der Waals surface area contributed by atoms with Gasteiger partial charge in [-0.2, -0.15) is 10.4 Å². The molecule has 3 aromatic heterocycles. The maximum Gasteiger partial charge on any atom is 0.245 e. The number of aryl methyl sites for hydroxylation is 1. The van der Waals surface area contributed by atoms with Crippen LogP contribution in [0, 0.1) is 11.3 Å². The van der Waals surface area contributed by atoms with Gasteiger partial charge in [0.2, 0.25) is 5.91 Å². The number of aromatic nitrogens is 5. The lowest BCUT2D eigenvalue weighted by Gasteiger charge is -2.32. The average molecular weight is 482 g/mol. The Labute approximate surface area is 208 Å². The number of hydrogen-bond acceptors (Lipinski definition) is 6. The molecule has 1 unspecified atom stereocenters. The number of fused-ring (bicyclic) bond motifs is 2. The van der Waals surface area contributed by atoms with Crippen molar-refractivity contribution in [1.82, 2.24) is 29.2 Å². The molecule has 5 heterocycles. The monoisotopic (exact) mass is 481 g/mol. The molecule has 36 heavy (non-hydrogen) atoms. The molecule has 1 aromatic carbocycles. The zero-order chi connectivity index (χ0) is 25.0. The maximum absolute atomic E-state index is 12.9. The van der Waals surface area contributed by atoms with Gasteiger partial charge in [0.05, 0.1) is 40.9 Å². The van der Waals surface area contributed by atoms with E-state index in [9.17, 15) is 10.1 Å². The Morgan fingerprint density at radius 2 is 1.94 bits per heavy atom. The maximum atomic E-state index is 12.9. The minimum absolute atomic E-state index is 0.0900. The zero-order valence-corrected chi connectivity index (χ0v) is 20.6. The van der Waals surface area contributed by atoms with Gasteiger partial charge in [-0.1, -0.05) is 12.1 Å². The van der Waals surface area contributed by atoms with Crippen molar-refractivity contribution >= 4 is 16.8 Å². The smallest absolute Gasteiger partial charge is 0.245 e. The lowest BCUT2D eigenvalue weighted by atomic mass is 9.98. The van der Waals surface area contributed by atoms with Crippen molar-refractivity contribution in [3.05, 3.63) is 53.7 Å². The Morgan fingerprint density at radius 3 is 2.67 bits per heavy atom. The van der Waals surface area contributed by atoms with Crippen molar-refractivity contribution < 1.29 is 9.53 Å². The highest BCUT2D eigenvalue weighted by Crippen LogP contribution is 2.40. The van der Waals surface area contributed by atoms with E-state index >= 15 is 0 Å². The minimum Gasteiger partial charge on any atom is -0.381 e. The topological polar surface area (TPSA) is 102 Å². The van der Waals surface area contributed by atoms with Crippen LogP contribution in [0.3, 0.4) is 0 Å². The van der Waals surface area contributed by atoms with Crippen LogP contribution in [0.2, 0.25) is 0 Å². The number of carbonyl (C=O) groups excluding carboxylic acids is 1. The Morgan fingerprint density at radius 1 is 1.14 bits per heavy atom. The largest absolute Gasteiger partial charge is 0.381 e. The van der Waals surface area contributed by atoms with E-state index in [1.54, 1.807) is 15.8 Å². The Bertz CT molecular complexity index is 1540. The van der Waals surface area contributed by atoms with E-state index in [4.69, 9.17) is 14.7 Å². The van der Waals surface area contributed by atoms with Crippen molar-refractivity contribution in [3.8, 4) is 28.6 Å². The molecule has 0 spiro atoms. The molecule has 4 aromatic rings. The van der Waals surface area contributed by atoms with Crippen LogP contribution in [0.1, 0.15) is 48.8 Å². The summed E-state index contributed by atoms with van der Waals surface area (Å²) in [5, 5.41) is 15.1. The second-order valence-corrected chi connectivity index (χ2v) is 9.66. The van der Waals surface area contributed by atoms with Gasteiger partial charge in [0.15, 0.2) is 0 Å². The Kier molecular flexibility index (Phi) is 5.34. The predicted octanol–water partition coefficient (Wildman–Crippen LogP) is 3.80. The van der Waals surface area contributed by atoms with E-state index in [-0.39, 0.29) is 17.9 Å². The molecule has 1 saturated heterocycles. The van der Waals surface area contributed by atoms with Crippen LogP contribution in [0.15, 0.2) is 36.7 Å². The fraction of sp³-hybridized carbons (Fsp3) is 0.370. The number of ether oxygens (including phenoxy) is 1.